The first kappa shape index (κ1) is 14.8. The average Bonchev–Trinajstić information content (AvgIpc) is 2.88. The van der Waals surface area contributed by atoms with Gasteiger partial charge in [0.25, 0.3) is 5.69 Å². The molecule has 1 aromatic heterocycles. The van der Waals surface area contributed by atoms with Gasteiger partial charge in [0.2, 0.25) is 0 Å². The third-order valence-corrected chi connectivity index (χ3v) is 2.96. The Hall–Kier alpha value is -2.57. The minimum absolute atomic E-state index is 0.0739. The Morgan fingerprint density at radius 2 is 2.00 bits per heavy atom. The highest BCUT2D eigenvalue weighted by Crippen LogP contribution is 2.24. The molecule has 0 aliphatic heterocycles. The molecule has 0 unspecified atom stereocenters. The van der Waals surface area contributed by atoms with Crippen LogP contribution < -0.4 is 10.6 Å². The van der Waals surface area contributed by atoms with Crippen molar-refractivity contribution >= 4 is 17.1 Å². The maximum Gasteiger partial charge on any atom is 0.273 e. The molecule has 7 nitrogen and oxygen atoms in total. The molecule has 112 valence electrons. The largest absolute Gasteiger partial charge is 0.385 e. The Bertz CT molecular complexity index is 624. The molecule has 0 radical (unpaired) electrons. The summed E-state index contributed by atoms with van der Waals surface area (Å²) in [7, 11) is 1.85. The Morgan fingerprint density at radius 1 is 1.29 bits per heavy atom. The van der Waals surface area contributed by atoms with Crippen molar-refractivity contribution in [2.45, 2.75) is 19.9 Å². The number of nitrogens with zero attached hydrogens (tertiary/aromatic N) is 3. The van der Waals surface area contributed by atoms with Crippen molar-refractivity contribution in [3.8, 4) is 0 Å². The van der Waals surface area contributed by atoms with Gasteiger partial charge in [-0.3, -0.25) is 14.8 Å². The van der Waals surface area contributed by atoms with Gasteiger partial charge in [0.1, 0.15) is 0 Å². The molecule has 21 heavy (non-hydrogen) atoms. The predicted octanol–water partition coefficient (Wildman–Crippen LogP) is 2.76. The number of rotatable bonds is 7. The summed E-state index contributed by atoms with van der Waals surface area (Å²) in [5.74, 6) is 0. The molecule has 0 bridgehead atoms. The lowest BCUT2D eigenvalue weighted by Crippen LogP contribution is -2.03. The quantitative estimate of drug-likeness (QED) is 0.604. The lowest BCUT2D eigenvalue weighted by atomic mass is 10.2. The van der Waals surface area contributed by atoms with E-state index in [1.807, 2.05) is 26.2 Å². The predicted molar refractivity (Wildman–Crippen MR) is 82.4 cm³/mol. The zero-order valence-corrected chi connectivity index (χ0v) is 12.2. The Labute approximate surface area is 123 Å². The van der Waals surface area contributed by atoms with E-state index in [9.17, 15) is 10.1 Å². The van der Waals surface area contributed by atoms with Crippen molar-refractivity contribution in [2.24, 2.45) is 7.05 Å². The van der Waals surface area contributed by atoms with E-state index in [4.69, 9.17) is 0 Å². The third kappa shape index (κ3) is 4.20. The van der Waals surface area contributed by atoms with Crippen molar-refractivity contribution in [3.63, 3.8) is 0 Å². The van der Waals surface area contributed by atoms with Crippen LogP contribution in [-0.2, 0) is 13.6 Å². The molecule has 1 aromatic carbocycles. The molecule has 2 N–H and O–H groups in total. The lowest BCUT2D eigenvalue weighted by Gasteiger charge is -2.09. The second-order valence-electron chi connectivity index (χ2n) is 4.83. The lowest BCUT2D eigenvalue weighted by molar-refractivity contribution is -0.384. The number of non-ortho nitro benzene ring substituents is 1. The molecule has 0 amide bonds. The zero-order chi connectivity index (χ0) is 15.2. The van der Waals surface area contributed by atoms with Gasteiger partial charge in [0, 0.05) is 55.4 Å². The number of hydrogen-bond donors (Lipinski definition) is 2. The molecule has 0 saturated heterocycles. The van der Waals surface area contributed by atoms with Gasteiger partial charge in [-0.15, -0.1) is 0 Å². The van der Waals surface area contributed by atoms with E-state index in [2.05, 4.69) is 15.7 Å². The zero-order valence-electron chi connectivity index (χ0n) is 12.2. The number of hydrogen-bond acceptors (Lipinski definition) is 5. The number of nitro groups is 1. The topological polar surface area (TPSA) is 85.0 Å². The SMILES string of the molecule is CCCNc1cc(NCc2cnn(C)c2)cc([N+](=O)[O-])c1. The van der Waals surface area contributed by atoms with E-state index >= 15 is 0 Å². The summed E-state index contributed by atoms with van der Waals surface area (Å²) in [6.07, 6.45) is 4.63. The normalized spacial score (nSPS) is 10.4. The van der Waals surface area contributed by atoms with Gasteiger partial charge in [-0.2, -0.15) is 5.10 Å². The maximum atomic E-state index is 11.0. The number of anilines is 2. The Kier molecular flexibility index (Phi) is 4.76. The van der Waals surface area contributed by atoms with Crippen molar-refractivity contribution in [3.05, 3.63) is 46.3 Å². The van der Waals surface area contributed by atoms with Crippen molar-refractivity contribution in [1.29, 1.82) is 0 Å². The second kappa shape index (κ2) is 6.74. The van der Waals surface area contributed by atoms with Crippen LogP contribution in [-0.4, -0.2) is 21.2 Å². The van der Waals surface area contributed by atoms with Gasteiger partial charge in [0.15, 0.2) is 0 Å². The van der Waals surface area contributed by atoms with Gasteiger partial charge >= 0.3 is 0 Å². The smallest absolute Gasteiger partial charge is 0.273 e. The molecule has 7 heteroatoms. The fraction of sp³-hybridized carbons (Fsp3) is 0.357. The monoisotopic (exact) mass is 289 g/mol. The van der Waals surface area contributed by atoms with Gasteiger partial charge in [-0.1, -0.05) is 6.92 Å². The summed E-state index contributed by atoms with van der Waals surface area (Å²) >= 11 is 0. The van der Waals surface area contributed by atoms with Gasteiger partial charge in [0.05, 0.1) is 11.1 Å². The highest BCUT2D eigenvalue weighted by atomic mass is 16.6. The molecule has 0 aliphatic carbocycles. The minimum Gasteiger partial charge on any atom is -0.385 e. The highest BCUT2D eigenvalue weighted by molar-refractivity contribution is 5.63. The number of aryl methyl sites for hydroxylation is 1. The number of benzene rings is 1. The van der Waals surface area contributed by atoms with Crippen LogP contribution in [0.15, 0.2) is 30.6 Å². The van der Waals surface area contributed by atoms with Crippen LogP contribution in [0.3, 0.4) is 0 Å². The first-order valence-corrected chi connectivity index (χ1v) is 6.83. The van der Waals surface area contributed by atoms with E-state index in [0.717, 1.165) is 24.2 Å². The van der Waals surface area contributed by atoms with Gasteiger partial charge < -0.3 is 10.6 Å². The van der Waals surface area contributed by atoms with Gasteiger partial charge in [-0.05, 0) is 12.5 Å². The van der Waals surface area contributed by atoms with Crippen molar-refractivity contribution in [1.82, 2.24) is 9.78 Å². The van der Waals surface area contributed by atoms with Crippen molar-refractivity contribution < 1.29 is 4.92 Å². The molecule has 0 aliphatic rings. The van der Waals surface area contributed by atoms with Gasteiger partial charge in [-0.25, -0.2) is 0 Å². The molecule has 2 rings (SSSR count). The number of nitrogens with one attached hydrogen (secondary N) is 2. The molecular formula is C14H19N5O2. The second-order valence-corrected chi connectivity index (χ2v) is 4.83. The van der Waals surface area contributed by atoms with E-state index in [0.29, 0.717) is 12.2 Å². The number of aromatic nitrogens is 2. The van der Waals surface area contributed by atoms with E-state index in [-0.39, 0.29) is 10.6 Å². The summed E-state index contributed by atoms with van der Waals surface area (Å²) in [5.41, 5.74) is 2.56. The molecular weight excluding hydrogens is 270 g/mol. The molecule has 0 saturated carbocycles. The van der Waals surface area contributed by atoms with Crippen LogP contribution in [0.5, 0.6) is 0 Å². The van der Waals surface area contributed by atoms with E-state index in [1.165, 1.54) is 6.07 Å². The summed E-state index contributed by atoms with van der Waals surface area (Å²) in [4.78, 5) is 10.6. The first-order chi connectivity index (χ1) is 10.1. The van der Waals surface area contributed by atoms with Crippen molar-refractivity contribution in [2.75, 3.05) is 17.2 Å². The van der Waals surface area contributed by atoms with Crippen LogP contribution in [0, 0.1) is 10.1 Å². The highest BCUT2D eigenvalue weighted by Gasteiger charge is 2.09. The van der Waals surface area contributed by atoms with Crippen LogP contribution in [0.4, 0.5) is 17.1 Å². The fourth-order valence-corrected chi connectivity index (χ4v) is 1.96. The molecule has 2 aromatic rings. The molecule has 0 spiro atoms. The van der Waals surface area contributed by atoms with Crippen LogP contribution in [0.2, 0.25) is 0 Å². The van der Waals surface area contributed by atoms with E-state index in [1.54, 1.807) is 16.9 Å². The number of nitro benzene ring substituents is 1. The molecule has 1 heterocycles. The summed E-state index contributed by atoms with van der Waals surface area (Å²) in [5, 5.41) is 21.4. The third-order valence-electron chi connectivity index (χ3n) is 2.96. The average molecular weight is 289 g/mol. The minimum atomic E-state index is -0.383. The summed E-state index contributed by atoms with van der Waals surface area (Å²) in [6, 6.07) is 4.96. The van der Waals surface area contributed by atoms with Crippen LogP contribution in [0.1, 0.15) is 18.9 Å². The molecule has 0 atom stereocenters. The maximum absolute atomic E-state index is 11.0. The summed E-state index contributed by atoms with van der Waals surface area (Å²) in [6.45, 7) is 3.40. The van der Waals surface area contributed by atoms with Crippen LogP contribution in [0.25, 0.3) is 0 Å². The fourth-order valence-electron chi connectivity index (χ4n) is 1.96. The first-order valence-electron chi connectivity index (χ1n) is 6.83. The Morgan fingerprint density at radius 3 is 2.57 bits per heavy atom. The Balaban J connectivity index is 2.12. The van der Waals surface area contributed by atoms with Crippen LogP contribution >= 0.6 is 0 Å². The standard InChI is InChI=1S/C14H19N5O2/c1-3-4-15-12-5-13(7-14(6-12)19(20)21)16-8-11-9-17-18(2)10-11/h5-7,9-10,15-16H,3-4,8H2,1-2H3. The summed E-state index contributed by atoms with van der Waals surface area (Å²) < 4.78 is 1.72. The van der Waals surface area contributed by atoms with E-state index < -0.39 is 0 Å². The molecule has 0 fully saturated rings.